The molecule has 0 aromatic rings. The SMILES string of the molecule is CN1C(C)(C)CC(NC#N)CC1(C)C. The maximum atomic E-state index is 8.65. The third-order valence-corrected chi connectivity index (χ3v) is 3.58. The van der Waals surface area contributed by atoms with E-state index in [9.17, 15) is 0 Å². The van der Waals surface area contributed by atoms with Gasteiger partial charge in [-0.25, -0.2) is 0 Å². The Morgan fingerprint density at radius 3 is 2.00 bits per heavy atom. The number of hydrogen-bond acceptors (Lipinski definition) is 3. The van der Waals surface area contributed by atoms with Crippen LogP contribution in [0.4, 0.5) is 0 Å². The van der Waals surface area contributed by atoms with Gasteiger partial charge in [-0.05, 0) is 47.6 Å². The molecule has 0 spiro atoms. The summed E-state index contributed by atoms with van der Waals surface area (Å²) >= 11 is 0. The summed E-state index contributed by atoms with van der Waals surface area (Å²) in [5, 5.41) is 11.5. The smallest absolute Gasteiger partial charge is 0.176 e. The van der Waals surface area contributed by atoms with Crippen molar-refractivity contribution in [2.24, 2.45) is 0 Å². The van der Waals surface area contributed by atoms with E-state index in [1.165, 1.54) is 0 Å². The van der Waals surface area contributed by atoms with Crippen LogP contribution in [0.2, 0.25) is 0 Å². The molecule has 0 aromatic carbocycles. The van der Waals surface area contributed by atoms with E-state index in [-0.39, 0.29) is 11.1 Å². The maximum absolute atomic E-state index is 8.65. The van der Waals surface area contributed by atoms with Gasteiger partial charge in [-0.15, -0.1) is 0 Å². The zero-order valence-corrected chi connectivity index (χ0v) is 9.89. The first kappa shape index (κ1) is 11.3. The Hall–Kier alpha value is -0.750. The summed E-state index contributed by atoms with van der Waals surface area (Å²) in [6, 6.07) is 0.321. The summed E-state index contributed by atoms with van der Waals surface area (Å²) < 4.78 is 0. The van der Waals surface area contributed by atoms with Crippen LogP contribution in [0.15, 0.2) is 0 Å². The van der Waals surface area contributed by atoms with Crippen LogP contribution in [0.3, 0.4) is 0 Å². The Morgan fingerprint density at radius 1 is 1.21 bits per heavy atom. The van der Waals surface area contributed by atoms with Crippen LogP contribution in [0.25, 0.3) is 0 Å². The molecule has 1 heterocycles. The van der Waals surface area contributed by atoms with Crippen molar-refractivity contribution < 1.29 is 0 Å². The average molecular weight is 195 g/mol. The van der Waals surface area contributed by atoms with Crippen molar-refractivity contribution in [1.82, 2.24) is 10.2 Å². The fourth-order valence-corrected chi connectivity index (χ4v) is 2.56. The number of rotatable bonds is 1. The lowest BCUT2D eigenvalue weighted by atomic mass is 9.77. The molecule has 0 aliphatic carbocycles. The van der Waals surface area contributed by atoms with Crippen LogP contribution in [0.1, 0.15) is 40.5 Å². The molecule has 3 heteroatoms. The summed E-state index contributed by atoms with van der Waals surface area (Å²) in [5.41, 5.74) is 0.326. The van der Waals surface area contributed by atoms with Gasteiger partial charge in [-0.3, -0.25) is 4.90 Å². The first-order chi connectivity index (χ1) is 6.29. The fourth-order valence-electron chi connectivity index (χ4n) is 2.56. The highest BCUT2D eigenvalue weighted by Gasteiger charge is 2.42. The largest absolute Gasteiger partial charge is 0.321 e. The molecule has 0 aromatic heterocycles. The third-order valence-electron chi connectivity index (χ3n) is 3.58. The number of nitrogens with zero attached hydrogens (tertiary/aromatic N) is 2. The van der Waals surface area contributed by atoms with Gasteiger partial charge < -0.3 is 5.32 Å². The van der Waals surface area contributed by atoms with Gasteiger partial charge in [0.2, 0.25) is 0 Å². The maximum Gasteiger partial charge on any atom is 0.176 e. The Balaban J connectivity index is 2.81. The minimum Gasteiger partial charge on any atom is -0.321 e. The van der Waals surface area contributed by atoms with E-state index in [0.29, 0.717) is 6.04 Å². The van der Waals surface area contributed by atoms with Crippen molar-refractivity contribution in [2.75, 3.05) is 7.05 Å². The second kappa shape index (κ2) is 3.43. The number of piperidine rings is 1. The van der Waals surface area contributed by atoms with E-state index < -0.39 is 0 Å². The monoisotopic (exact) mass is 195 g/mol. The molecule has 3 nitrogen and oxygen atoms in total. The van der Waals surface area contributed by atoms with Crippen LogP contribution in [0.5, 0.6) is 0 Å². The van der Waals surface area contributed by atoms with E-state index in [1.807, 2.05) is 0 Å². The second-order valence-electron chi connectivity index (χ2n) is 5.55. The Labute approximate surface area is 87.1 Å². The third kappa shape index (κ3) is 2.01. The number of nitriles is 1. The van der Waals surface area contributed by atoms with E-state index in [0.717, 1.165) is 12.8 Å². The topological polar surface area (TPSA) is 39.1 Å². The minimum absolute atomic E-state index is 0.163. The van der Waals surface area contributed by atoms with Crippen LogP contribution in [-0.4, -0.2) is 29.1 Å². The predicted octanol–water partition coefficient (Wildman–Crippen LogP) is 1.71. The molecule has 14 heavy (non-hydrogen) atoms. The standard InChI is InChI=1S/C11H21N3/c1-10(2)6-9(13-8-12)7-11(3,4)14(10)5/h9,13H,6-7H2,1-5H3. The molecule has 1 aliphatic heterocycles. The summed E-state index contributed by atoms with van der Waals surface area (Å²) in [4.78, 5) is 2.41. The quantitative estimate of drug-likeness (QED) is 0.511. The zero-order chi connectivity index (χ0) is 11.0. The highest BCUT2D eigenvalue weighted by Crippen LogP contribution is 2.36. The van der Waals surface area contributed by atoms with Crippen molar-refractivity contribution in [3.63, 3.8) is 0 Å². The van der Waals surface area contributed by atoms with Crippen LogP contribution < -0.4 is 5.32 Å². The first-order valence-corrected chi connectivity index (χ1v) is 5.18. The van der Waals surface area contributed by atoms with Crippen LogP contribution in [-0.2, 0) is 0 Å². The highest BCUT2D eigenvalue weighted by atomic mass is 15.2. The molecular formula is C11H21N3. The normalized spacial score (nSPS) is 26.9. The van der Waals surface area contributed by atoms with E-state index in [4.69, 9.17) is 5.26 Å². The molecule has 1 aliphatic rings. The van der Waals surface area contributed by atoms with Crippen LogP contribution >= 0.6 is 0 Å². The van der Waals surface area contributed by atoms with E-state index in [2.05, 4.69) is 51.2 Å². The van der Waals surface area contributed by atoms with Gasteiger partial charge in [-0.2, -0.15) is 5.26 Å². The van der Waals surface area contributed by atoms with Crippen LogP contribution in [0, 0.1) is 11.5 Å². The minimum atomic E-state index is 0.163. The second-order valence-corrected chi connectivity index (χ2v) is 5.55. The summed E-state index contributed by atoms with van der Waals surface area (Å²) in [5.74, 6) is 0. The van der Waals surface area contributed by atoms with Gasteiger partial charge in [0, 0.05) is 17.1 Å². The lowest BCUT2D eigenvalue weighted by Crippen LogP contribution is -2.61. The fraction of sp³-hybridized carbons (Fsp3) is 0.909. The molecule has 0 atom stereocenters. The lowest BCUT2D eigenvalue weighted by molar-refractivity contribution is -0.0153. The molecule has 1 fully saturated rings. The van der Waals surface area contributed by atoms with Crippen molar-refractivity contribution in [2.45, 2.75) is 57.7 Å². The van der Waals surface area contributed by atoms with E-state index in [1.54, 1.807) is 0 Å². The predicted molar refractivity (Wildman–Crippen MR) is 57.7 cm³/mol. The average Bonchev–Trinajstić information content (AvgIpc) is 1.99. The molecule has 1 saturated heterocycles. The molecule has 80 valence electrons. The lowest BCUT2D eigenvalue weighted by Gasteiger charge is -2.53. The summed E-state index contributed by atoms with van der Waals surface area (Å²) in [6.45, 7) is 8.94. The van der Waals surface area contributed by atoms with E-state index >= 15 is 0 Å². The van der Waals surface area contributed by atoms with Gasteiger partial charge in [0.1, 0.15) is 0 Å². The van der Waals surface area contributed by atoms with Crippen molar-refractivity contribution in [3.05, 3.63) is 0 Å². The number of likely N-dealkylation sites (tertiary alicyclic amines) is 1. The first-order valence-electron chi connectivity index (χ1n) is 5.18. The summed E-state index contributed by atoms with van der Waals surface area (Å²) in [6.07, 6.45) is 4.12. The summed E-state index contributed by atoms with van der Waals surface area (Å²) in [7, 11) is 2.17. The van der Waals surface area contributed by atoms with Gasteiger partial charge in [-0.1, -0.05) is 0 Å². The highest BCUT2D eigenvalue weighted by molar-refractivity contribution is 5.01. The zero-order valence-electron chi connectivity index (χ0n) is 9.89. The number of hydrogen-bond donors (Lipinski definition) is 1. The molecule has 1 rings (SSSR count). The van der Waals surface area contributed by atoms with Gasteiger partial charge in [0.15, 0.2) is 6.19 Å². The number of nitrogens with one attached hydrogen (secondary N) is 1. The molecule has 0 bridgehead atoms. The molecule has 0 saturated carbocycles. The molecule has 1 N–H and O–H groups in total. The molecular weight excluding hydrogens is 174 g/mol. The molecule has 0 radical (unpaired) electrons. The molecule has 0 unspecified atom stereocenters. The Kier molecular flexibility index (Phi) is 2.78. The van der Waals surface area contributed by atoms with Gasteiger partial charge in [0.05, 0.1) is 0 Å². The van der Waals surface area contributed by atoms with Gasteiger partial charge >= 0.3 is 0 Å². The van der Waals surface area contributed by atoms with Crippen molar-refractivity contribution in [1.29, 1.82) is 5.26 Å². The molecule has 0 amide bonds. The van der Waals surface area contributed by atoms with Crippen molar-refractivity contribution in [3.8, 4) is 6.19 Å². The van der Waals surface area contributed by atoms with Gasteiger partial charge in [0.25, 0.3) is 0 Å². The Bertz CT molecular complexity index is 232. The Morgan fingerprint density at radius 2 is 1.64 bits per heavy atom. The van der Waals surface area contributed by atoms with Crippen molar-refractivity contribution >= 4 is 0 Å².